The normalized spacial score (nSPS) is 11.5. The summed E-state index contributed by atoms with van der Waals surface area (Å²) in [7, 11) is 0. The van der Waals surface area contributed by atoms with E-state index in [2.05, 4.69) is 55.6 Å². The largest absolute Gasteiger partial charge is 0.382 e. The first kappa shape index (κ1) is 15.2. The number of rotatable bonds is 7. The number of hydroxylamine groups is 1. The number of hydrogen-bond acceptors (Lipinski definition) is 3. The third-order valence-electron chi connectivity index (χ3n) is 3.57. The third kappa shape index (κ3) is 3.91. The number of hydrogen-bond donors (Lipinski definition) is 1. The molecule has 2 aromatic rings. The molecule has 0 aliphatic carbocycles. The lowest BCUT2D eigenvalue weighted by Crippen LogP contribution is -2.23. The average Bonchev–Trinajstić information content (AvgIpc) is 2.55. The van der Waals surface area contributed by atoms with Crippen molar-refractivity contribution in [3.8, 4) is 5.75 Å². The summed E-state index contributed by atoms with van der Waals surface area (Å²) in [6.45, 7) is 8.42. The fraction of sp³-hybridized carbons (Fsp3) is 0.333. The van der Waals surface area contributed by atoms with Crippen molar-refractivity contribution >= 4 is 10.8 Å². The van der Waals surface area contributed by atoms with Crippen molar-refractivity contribution in [2.45, 2.75) is 27.2 Å². The second-order valence-electron chi connectivity index (χ2n) is 4.91. The van der Waals surface area contributed by atoms with Crippen LogP contribution in [0.25, 0.3) is 10.8 Å². The van der Waals surface area contributed by atoms with Crippen LogP contribution in [0, 0.1) is 0 Å². The van der Waals surface area contributed by atoms with Gasteiger partial charge in [-0.1, -0.05) is 43.3 Å². The fourth-order valence-corrected chi connectivity index (χ4v) is 2.22. The van der Waals surface area contributed by atoms with E-state index in [0.29, 0.717) is 0 Å². The molecule has 0 saturated heterocycles. The molecular weight excluding hydrogens is 260 g/mol. The van der Waals surface area contributed by atoms with E-state index >= 15 is 0 Å². The minimum atomic E-state index is 0.854. The molecule has 0 heterocycles. The van der Waals surface area contributed by atoms with E-state index in [-0.39, 0.29) is 0 Å². The minimum absolute atomic E-state index is 0.854. The van der Waals surface area contributed by atoms with E-state index in [1.54, 1.807) is 0 Å². The topological polar surface area (TPSA) is 24.5 Å². The molecule has 1 N–H and O–H groups in total. The molecule has 0 aliphatic rings. The second kappa shape index (κ2) is 7.58. The summed E-state index contributed by atoms with van der Waals surface area (Å²) in [5, 5.41) is 2.30. The molecule has 3 nitrogen and oxygen atoms in total. The van der Waals surface area contributed by atoms with Gasteiger partial charge < -0.3 is 9.74 Å². The summed E-state index contributed by atoms with van der Waals surface area (Å²) >= 11 is 0. The monoisotopic (exact) mass is 284 g/mol. The molecule has 0 saturated carbocycles. The Labute approximate surface area is 127 Å². The lowest BCUT2D eigenvalue weighted by molar-refractivity contribution is 0.224. The molecule has 0 atom stereocenters. The van der Waals surface area contributed by atoms with Gasteiger partial charge in [0.15, 0.2) is 5.75 Å². The average molecular weight is 284 g/mol. The Morgan fingerprint density at radius 1 is 1.05 bits per heavy atom. The maximum atomic E-state index is 5.82. The van der Waals surface area contributed by atoms with E-state index in [1.165, 1.54) is 5.39 Å². The van der Waals surface area contributed by atoms with E-state index in [0.717, 1.165) is 36.3 Å². The third-order valence-corrected chi connectivity index (χ3v) is 3.57. The lowest BCUT2D eigenvalue weighted by Gasteiger charge is -2.19. The van der Waals surface area contributed by atoms with Crippen LogP contribution >= 0.6 is 0 Å². The van der Waals surface area contributed by atoms with Crippen molar-refractivity contribution in [3.05, 3.63) is 54.4 Å². The first-order valence-corrected chi connectivity index (χ1v) is 7.63. The van der Waals surface area contributed by atoms with Crippen molar-refractivity contribution in [2.24, 2.45) is 0 Å². The van der Waals surface area contributed by atoms with Gasteiger partial charge in [-0.25, -0.2) is 5.48 Å². The van der Waals surface area contributed by atoms with E-state index < -0.39 is 0 Å². The smallest absolute Gasteiger partial charge is 0.162 e. The number of nitrogens with one attached hydrogen (secondary N) is 1. The van der Waals surface area contributed by atoms with Gasteiger partial charge in [-0.3, -0.25) is 0 Å². The van der Waals surface area contributed by atoms with Gasteiger partial charge in [0, 0.05) is 24.7 Å². The molecule has 0 aliphatic heterocycles. The number of benzene rings is 2. The van der Waals surface area contributed by atoms with Crippen LogP contribution < -0.4 is 10.3 Å². The molecule has 0 amide bonds. The highest BCUT2D eigenvalue weighted by molar-refractivity contribution is 5.88. The highest BCUT2D eigenvalue weighted by Gasteiger charge is 2.03. The molecule has 0 radical (unpaired) electrons. The summed E-state index contributed by atoms with van der Waals surface area (Å²) in [6, 6.07) is 14.3. The lowest BCUT2D eigenvalue weighted by atomic mass is 10.1. The molecule has 0 bridgehead atoms. The van der Waals surface area contributed by atoms with Gasteiger partial charge in [0.1, 0.15) is 0 Å². The zero-order valence-electron chi connectivity index (χ0n) is 13.1. The molecule has 112 valence electrons. The van der Waals surface area contributed by atoms with Gasteiger partial charge in [-0.2, -0.15) is 0 Å². The van der Waals surface area contributed by atoms with Crippen LogP contribution in [-0.2, 0) is 0 Å². The van der Waals surface area contributed by atoms with Crippen LogP contribution in [0.1, 0.15) is 27.2 Å². The van der Waals surface area contributed by atoms with Crippen LogP contribution in [0.5, 0.6) is 5.75 Å². The maximum absolute atomic E-state index is 5.82. The maximum Gasteiger partial charge on any atom is 0.162 e. The van der Waals surface area contributed by atoms with Crippen LogP contribution in [0.4, 0.5) is 0 Å². The molecule has 3 heteroatoms. The van der Waals surface area contributed by atoms with Gasteiger partial charge in [0.25, 0.3) is 0 Å². The Kier molecular flexibility index (Phi) is 5.50. The van der Waals surface area contributed by atoms with E-state index in [4.69, 9.17) is 4.84 Å². The molecule has 0 unspecified atom stereocenters. The molecule has 2 aromatic carbocycles. The number of allylic oxidation sites excluding steroid dienone is 1. The highest BCUT2D eigenvalue weighted by atomic mass is 16.6. The molecule has 0 fully saturated rings. The highest BCUT2D eigenvalue weighted by Crippen LogP contribution is 2.24. The fourth-order valence-electron chi connectivity index (χ4n) is 2.22. The van der Waals surface area contributed by atoms with Gasteiger partial charge in [0.05, 0.1) is 5.70 Å². The summed E-state index contributed by atoms with van der Waals surface area (Å²) in [5.41, 5.74) is 4.17. The van der Waals surface area contributed by atoms with Crippen LogP contribution in [0.15, 0.2) is 54.4 Å². The van der Waals surface area contributed by atoms with Crippen LogP contribution in [0.3, 0.4) is 0 Å². The number of fused-ring (bicyclic) bond motifs is 1. The molecular formula is C18H24N2O. The predicted molar refractivity (Wildman–Crippen MR) is 89.0 cm³/mol. The van der Waals surface area contributed by atoms with Crippen molar-refractivity contribution in [1.29, 1.82) is 0 Å². The second-order valence-corrected chi connectivity index (χ2v) is 4.91. The van der Waals surface area contributed by atoms with Gasteiger partial charge >= 0.3 is 0 Å². The van der Waals surface area contributed by atoms with Crippen molar-refractivity contribution in [1.82, 2.24) is 10.4 Å². The Bertz CT molecular complexity index is 598. The van der Waals surface area contributed by atoms with Crippen molar-refractivity contribution < 1.29 is 4.84 Å². The van der Waals surface area contributed by atoms with Gasteiger partial charge in [0.2, 0.25) is 0 Å². The van der Waals surface area contributed by atoms with Gasteiger partial charge in [-0.05, 0) is 31.7 Å². The van der Waals surface area contributed by atoms with Crippen LogP contribution in [0.2, 0.25) is 0 Å². The van der Waals surface area contributed by atoms with Gasteiger partial charge in [-0.15, -0.1) is 0 Å². The Balaban J connectivity index is 2.13. The van der Waals surface area contributed by atoms with Crippen molar-refractivity contribution in [2.75, 3.05) is 13.1 Å². The number of nitrogens with zero attached hydrogens (tertiary/aromatic N) is 1. The Morgan fingerprint density at radius 2 is 1.76 bits per heavy atom. The quantitative estimate of drug-likeness (QED) is 0.766. The standard InChI is InChI=1S/C18H24N2O/c1-4-16(14-20(5-2)6-3)19-21-18-13-9-11-15-10-7-8-12-17(15)18/h7-14,19H,4-6H2,1-3H3. The molecule has 0 spiro atoms. The van der Waals surface area contributed by atoms with Crippen molar-refractivity contribution in [3.63, 3.8) is 0 Å². The first-order valence-electron chi connectivity index (χ1n) is 7.63. The Morgan fingerprint density at radius 3 is 2.48 bits per heavy atom. The van der Waals surface area contributed by atoms with Crippen LogP contribution in [-0.4, -0.2) is 18.0 Å². The summed E-state index contributed by atoms with van der Waals surface area (Å²) in [6.07, 6.45) is 3.03. The first-order chi connectivity index (χ1) is 10.3. The summed E-state index contributed by atoms with van der Waals surface area (Å²) in [5.74, 6) is 0.854. The van der Waals surface area contributed by atoms with E-state index in [1.807, 2.05) is 24.3 Å². The molecule has 21 heavy (non-hydrogen) atoms. The Hall–Kier alpha value is -2.16. The summed E-state index contributed by atoms with van der Waals surface area (Å²) < 4.78 is 0. The molecule has 2 rings (SSSR count). The summed E-state index contributed by atoms with van der Waals surface area (Å²) in [4.78, 5) is 8.07. The predicted octanol–water partition coefficient (Wildman–Crippen LogP) is 4.32. The zero-order valence-corrected chi connectivity index (χ0v) is 13.1. The molecule has 0 aromatic heterocycles. The minimum Gasteiger partial charge on any atom is -0.382 e. The van der Waals surface area contributed by atoms with E-state index in [9.17, 15) is 0 Å². The zero-order chi connectivity index (χ0) is 15.1. The SMILES string of the molecule is CCC(=CN(CC)CC)NOc1cccc2ccccc12.